The smallest absolute Gasteiger partial charge is 0.410 e. The van der Waals surface area contributed by atoms with Gasteiger partial charge in [-0.15, -0.1) is 0 Å². The fourth-order valence-electron chi connectivity index (χ4n) is 5.70. The number of carbonyl (C=O) groups is 1. The highest BCUT2D eigenvalue weighted by atomic mass is 35.5. The monoisotopic (exact) mass is 441 g/mol. The highest BCUT2D eigenvalue weighted by molar-refractivity contribution is 6.32. The van der Waals surface area contributed by atoms with Gasteiger partial charge in [0.25, 0.3) is 0 Å². The molecule has 3 aromatic rings. The zero-order valence-corrected chi connectivity index (χ0v) is 18.5. The van der Waals surface area contributed by atoms with Gasteiger partial charge in [-0.2, -0.15) is 0 Å². The van der Waals surface area contributed by atoms with Gasteiger partial charge in [0.1, 0.15) is 6.61 Å². The summed E-state index contributed by atoms with van der Waals surface area (Å²) >= 11 is 6.43. The summed E-state index contributed by atoms with van der Waals surface area (Å²) in [5.41, 5.74) is 7.29. The molecule has 2 aliphatic heterocycles. The summed E-state index contributed by atoms with van der Waals surface area (Å²) in [6, 6.07) is 25.1. The Balaban J connectivity index is 1.21. The topological polar surface area (TPSA) is 29.5 Å². The Labute approximate surface area is 193 Å². The molecular formula is C28H24ClNO2. The van der Waals surface area contributed by atoms with Gasteiger partial charge in [-0.05, 0) is 58.7 Å². The van der Waals surface area contributed by atoms with Crippen molar-refractivity contribution in [3.05, 3.63) is 101 Å². The Kier molecular flexibility index (Phi) is 4.80. The van der Waals surface area contributed by atoms with Gasteiger partial charge in [0.15, 0.2) is 0 Å². The molecule has 32 heavy (non-hydrogen) atoms. The van der Waals surface area contributed by atoms with Crippen molar-refractivity contribution in [3.8, 4) is 11.1 Å². The van der Waals surface area contributed by atoms with Gasteiger partial charge in [0.05, 0.1) is 6.04 Å². The fourth-order valence-corrected chi connectivity index (χ4v) is 5.96. The maximum Gasteiger partial charge on any atom is 0.410 e. The first-order chi connectivity index (χ1) is 15.7. The van der Waals surface area contributed by atoms with Gasteiger partial charge < -0.3 is 4.74 Å². The fraction of sp³-hybridized carbons (Fsp3) is 0.250. The number of ether oxygens (including phenoxy) is 1. The van der Waals surface area contributed by atoms with Crippen LogP contribution in [0.5, 0.6) is 0 Å². The zero-order valence-electron chi connectivity index (χ0n) is 17.7. The molecule has 3 nitrogen and oxygen atoms in total. The molecule has 2 bridgehead atoms. The summed E-state index contributed by atoms with van der Waals surface area (Å²) in [7, 11) is 0. The number of nitrogens with zero attached hydrogens (tertiary/aromatic N) is 1. The number of carbonyl (C=O) groups excluding carboxylic acids is 1. The minimum absolute atomic E-state index is 0.0793. The van der Waals surface area contributed by atoms with E-state index in [2.05, 4.69) is 60.7 Å². The van der Waals surface area contributed by atoms with E-state index in [1.807, 2.05) is 23.1 Å². The van der Waals surface area contributed by atoms with Crippen LogP contribution in [0.3, 0.4) is 0 Å². The third-order valence-corrected chi connectivity index (χ3v) is 7.49. The Morgan fingerprint density at radius 2 is 1.50 bits per heavy atom. The molecule has 3 aliphatic rings. The highest BCUT2D eigenvalue weighted by Crippen LogP contribution is 2.45. The summed E-state index contributed by atoms with van der Waals surface area (Å²) in [6.07, 6.45) is 4.81. The molecule has 1 amide bonds. The number of rotatable bonds is 3. The number of halogens is 1. The summed E-state index contributed by atoms with van der Waals surface area (Å²) in [6.45, 7) is 0.365. The van der Waals surface area contributed by atoms with Gasteiger partial charge in [-0.3, -0.25) is 4.90 Å². The van der Waals surface area contributed by atoms with Crippen LogP contribution in [0.25, 0.3) is 16.7 Å². The van der Waals surface area contributed by atoms with Crippen LogP contribution in [0.15, 0.2) is 78.9 Å². The van der Waals surface area contributed by atoms with E-state index in [4.69, 9.17) is 16.3 Å². The molecule has 0 radical (unpaired) electrons. The van der Waals surface area contributed by atoms with Crippen LogP contribution in [0.1, 0.15) is 41.9 Å². The van der Waals surface area contributed by atoms with Crippen molar-refractivity contribution in [1.29, 1.82) is 0 Å². The van der Waals surface area contributed by atoms with Crippen molar-refractivity contribution in [2.45, 2.75) is 37.3 Å². The molecule has 3 aromatic carbocycles. The third kappa shape index (κ3) is 3.15. The van der Waals surface area contributed by atoms with E-state index in [1.165, 1.54) is 27.8 Å². The molecule has 160 valence electrons. The predicted octanol–water partition coefficient (Wildman–Crippen LogP) is 6.91. The van der Waals surface area contributed by atoms with Crippen LogP contribution in [-0.2, 0) is 4.74 Å². The van der Waals surface area contributed by atoms with Crippen molar-refractivity contribution in [1.82, 2.24) is 4.90 Å². The molecule has 0 spiro atoms. The summed E-state index contributed by atoms with van der Waals surface area (Å²) in [4.78, 5) is 15.1. The first kappa shape index (κ1) is 19.6. The van der Waals surface area contributed by atoms with Crippen molar-refractivity contribution < 1.29 is 9.53 Å². The first-order valence-electron chi connectivity index (χ1n) is 11.3. The van der Waals surface area contributed by atoms with E-state index in [0.29, 0.717) is 6.61 Å². The van der Waals surface area contributed by atoms with E-state index in [9.17, 15) is 4.79 Å². The molecule has 0 saturated carbocycles. The highest BCUT2D eigenvalue weighted by Gasteiger charge is 2.41. The van der Waals surface area contributed by atoms with Crippen LogP contribution < -0.4 is 0 Å². The second kappa shape index (κ2) is 7.83. The van der Waals surface area contributed by atoms with E-state index in [1.54, 1.807) is 0 Å². The van der Waals surface area contributed by atoms with Gasteiger partial charge >= 0.3 is 6.09 Å². The Morgan fingerprint density at radius 1 is 0.875 bits per heavy atom. The zero-order chi connectivity index (χ0) is 21.7. The van der Waals surface area contributed by atoms with Crippen LogP contribution in [-0.4, -0.2) is 29.7 Å². The molecule has 4 heteroatoms. The normalized spacial score (nSPS) is 21.2. The predicted molar refractivity (Wildman–Crippen MR) is 128 cm³/mol. The van der Waals surface area contributed by atoms with E-state index >= 15 is 0 Å². The second-order valence-electron chi connectivity index (χ2n) is 8.89. The lowest BCUT2D eigenvalue weighted by molar-refractivity contribution is 0.0866. The molecule has 2 unspecified atom stereocenters. The van der Waals surface area contributed by atoms with Gasteiger partial charge in [-0.25, -0.2) is 4.79 Å². The first-order valence-corrected chi connectivity index (χ1v) is 11.7. The van der Waals surface area contributed by atoms with Crippen LogP contribution >= 0.6 is 11.6 Å². The molecule has 0 aromatic heterocycles. The quantitative estimate of drug-likeness (QED) is 0.442. The minimum atomic E-state index is -0.200. The maximum atomic E-state index is 13.2. The Morgan fingerprint density at radius 3 is 2.16 bits per heavy atom. The molecule has 1 saturated heterocycles. The molecule has 6 rings (SSSR count). The van der Waals surface area contributed by atoms with E-state index in [-0.39, 0.29) is 24.1 Å². The number of hydrogen-bond acceptors (Lipinski definition) is 2. The van der Waals surface area contributed by atoms with Gasteiger partial charge in [0.2, 0.25) is 0 Å². The molecule has 2 atom stereocenters. The van der Waals surface area contributed by atoms with Gasteiger partial charge in [-0.1, -0.05) is 84.4 Å². The third-order valence-electron chi connectivity index (χ3n) is 7.16. The lowest BCUT2D eigenvalue weighted by atomic mass is 9.95. The van der Waals surface area contributed by atoms with Crippen LogP contribution in [0.4, 0.5) is 4.79 Å². The van der Waals surface area contributed by atoms with Crippen molar-refractivity contribution in [2.75, 3.05) is 6.61 Å². The lowest BCUT2D eigenvalue weighted by Crippen LogP contribution is -2.43. The second-order valence-corrected chi connectivity index (χ2v) is 9.29. The minimum Gasteiger partial charge on any atom is -0.448 e. The van der Waals surface area contributed by atoms with Crippen molar-refractivity contribution in [3.63, 3.8) is 0 Å². The molecule has 2 heterocycles. The van der Waals surface area contributed by atoms with Crippen molar-refractivity contribution in [2.24, 2.45) is 0 Å². The summed E-state index contributed by atoms with van der Waals surface area (Å²) in [5, 5.41) is 0.771. The van der Waals surface area contributed by atoms with Crippen LogP contribution in [0.2, 0.25) is 5.02 Å². The Hall–Kier alpha value is -3.04. The number of fused-ring (bicyclic) bond motifs is 5. The number of hydrogen-bond donors (Lipinski definition) is 0. The number of amides is 1. The largest absolute Gasteiger partial charge is 0.448 e. The number of benzene rings is 3. The molecule has 0 N–H and O–H groups in total. The summed E-state index contributed by atoms with van der Waals surface area (Å²) in [5.74, 6) is 0.0861. The van der Waals surface area contributed by atoms with Crippen LogP contribution in [0, 0.1) is 0 Å². The van der Waals surface area contributed by atoms with Gasteiger partial charge in [0, 0.05) is 17.0 Å². The molecular weight excluding hydrogens is 418 g/mol. The lowest BCUT2D eigenvalue weighted by Gasteiger charge is -2.33. The molecule has 1 fully saturated rings. The standard InChI is InChI=1S/C28H24ClNO2/c29-27-12-6-5-7-21(27)18-15-19-13-14-20(16-18)30(19)28(31)32-17-26-24-10-3-1-8-22(24)23-9-2-4-11-25(23)26/h1-12,15,19-20,26H,13-14,16-17H2. The SMILES string of the molecule is O=C(OCC1c2ccccc2-c2ccccc21)N1C2C=C(c3ccccc3Cl)CC1CC2. The van der Waals surface area contributed by atoms with E-state index < -0.39 is 0 Å². The molecule has 1 aliphatic carbocycles. The average Bonchev–Trinajstić information content (AvgIpc) is 3.29. The van der Waals surface area contributed by atoms with Crippen molar-refractivity contribution >= 4 is 23.3 Å². The maximum absolute atomic E-state index is 13.2. The Bertz CT molecular complexity index is 1190. The average molecular weight is 442 g/mol. The summed E-state index contributed by atoms with van der Waals surface area (Å²) < 4.78 is 5.96. The van der Waals surface area contributed by atoms with E-state index in [0.717, 1.165) is 29.8 Å².